The molecule has 3 N–H and O–H groups in total. The number of hydrogen-bond acceptors (Lipinski definition) is 4. The summed E-state index contributed by atoms with van der Waals surface area (Å²) in [5.41, 5.74) is 0. The molecular weight excluding hydrogens is 192 g/mol. The number of hydroxylamine groups is 2. The molecule has 2 aliphatic rings. The zero-order valence-corrected chi connectivity index (χ0v) is 10.00. The van der Waals surface area contributed by atoms with E-state index in [1.807, 2.05) is 0 Å². The Balaban J connectivity index is 0.000000151. The van der Waals surface area contributed by atoms with Crippen molar-refractivity contribution in [3.8, 4) is 0 Å². The molecule has 0 aliphatic carbocycles. The Morgan fingerprint density at radius 2 is 1.40 bits per heavy atom. The van der Waals surface area contributed by atoms with Gasteiger partial charge in [0.1, 0.15) is 13.1 Å². The third-order valence-electron chi connectivity index (χ3n) is 2.90. The zero-order valence-electron chi connectivity index (χ0n) is 10.00. The van der Waals surface area contributed by atoms with E-state index in [1.54, 1.807) is 0 Å². The molecule has 5 nitrogen and oxygen atoms in total. The normalized spacial score (nSPS) is 25.8. The summed E-state index contributed by atoms with van der Waals surface area (Å²) in [6, 6.07) is 0. The van der Waals surface area contributed by atoms with Gasteiger partial charge in [-0.05, 0) is 14.1 Å². The van der Waals surface area contributed by atoms with Crippen LogP contribution < -0.4 is 10.4 Å². The summed E-state index contributed by atoms with van der Waals surface area (Å²) < 4.78 is 0. The minimum absolute atomic E-state index is 0.670. The highest BCUT2D eigenvalue weighted by molar-refractivity contribution is 4.62. The minimum atomic E-state index is 0.670. The lowest BCUT2D eigenvalue weighted by atomic mass is 10.4. The summed E-state index contributed by atoms with van der Waals surface area (Å²) in [5.74, 6) is 0. The van der Waals surface area contributed by atoms with Crippen molar-refractivity contribution in [3.05, 3.63) is 0 Å². The predicted octanol–water partition coefficient (Wildman–Crippen LogP) is -2.27. The van der Waals surface area contributed by atoms with Crippen LogP contribution in [0.3, 0.4) is 0 Å². The highest BCUT2D eigenvalue weighted by Gasteiger charge is 2.13. The average Bonchev–Trinajstić information content (AvgIpc) is 2.25. The maximum Gasteiger partial charge on any atom is 0.120 e. The number of hydrogen-bond donors (Lipinski definition) is 3. The van der Waals surface area contributed by atoms with Crippen LogP contribution in [0.25, 0.3) is 0 Å². The molecule has 0 unspecified atom stereocenters. The fourth-order valence-corrected chi connectivity index (χ4v) is 1.65. The van der Waals surface area contributed by atoms with Gasteiger partial charge in [0.05, 0.1) is 13.1 Å². The van der Waals surface area contributed by atoms with Gasteiger partial charge < -0.3 is 10.2 Å². The maximum atomic E-state index is 8.92. The van der Waals surface area contributed by atoms with Crippen molar-refractivity contribution in [2.45, 2.75) is 0 Å². The van der Waals surface area contributed by atoms with Crippen molar-refractivity contribution in [2.24, 2.45) is 0 Å². The van der Waals surface area contributed by atoms with Gasteiger partial charge in [0.2, 0.25) is 0 Å². The van der Waals surface area contributed by atoms with Gasteiger partial charge in [0.15, 0.2) is 0 Å². The highest BCUT2D eigenvalue weighted by atomic mass is 16.5. The summed E-state index contributed by atoms with van der Waals surface area (Å²) >= 11 is 0. The molecule has 90 valence electrons. The largest absolute Gasteiger partial charge is 0.314 e. The molecule has 15 heavy (non-hydrogen) atoms. The van der Waals surface area contributed by atoms with E-state index in [0.29, 0.717) is 5.06 Å². The second kappa shape index (κ2) is 7.14. The van der Waals surface area contributed by atoms with E-state index in [1.165, 1.54) is 13.1 Å². The van der Waals surface area contributed by atoms with Crippen LogP contribution in [0.15, 0.2) is 0 Å². The van der Waals surface area contributed by atoms with E-state index in [-0.39, 0.29) is 0 Å². The number of nitrogens with zero attached hydrogens (tertiary/aromatic N) is 2. The van der Waals surface area contributed by atoms with Crippen molar-refractivity contribution >= 4 is 0 Å². The number of likely N-dealkylation sites (N-methyl/N-ethyl adjacent to an activating group) is 2. The molecule has 2 aliphatic heterocycles. The van der Waals surface area contributed by atoms with Crippen LogP contribution >= 0.6 is 0 Å². The van der Waals surface area contributed by atoms with Gasteiger partial charge in [-0.15, -0.1) is 0 Å². The summed E-state index contributed by atoms with van der Waals surface area (Å²) in [5, 5.41) is 12.9. The van der Waals surface area contributed by atoms with Crippen LogP contribution in [0.2, 0.25) is 0 Å². The van der Waals surface area contributed by atoms with Crippen molar-refractivity contribution < 1.29 is 10.3 Å². The lowest BCUT2D eigenvalue weighted by Crippen LogP contribution is -3.12. The van der Waals surface area contributed by atoms with Crippen molar-refractivity contribution in [1.82, 2.24) is 15.1 Å². The first kappa shape index (κ1) is 12.9. The standard InChI is InChI=1S/C5H12N2O.C5H12N2/c1-6-2-4-7(8)5-3-6;1-7-4-2-6-3-5-7/h8H,2-5H2,1H3;6H,2-5H2,1H3/p+1. The molecule has 0 aromatic carbocycles. The second-order valence-electron chi connectivity index (χ2n) is 4.42. The molecule has 0 radical (unpaired) electrons. The topological polar surface area (TPSA) is 43.2 Å². The molecule has 0 atom stereocenters. The molecule has 0 spiro atoms. The Bertz CT molecular complexity index is 144. The van der Waals surface area contributed by atoms with E-state index in [2.05, 4.69) is 29.2 Å². The first-order chi connectivity index (χ1) is 7.18. The molecule has 2 rings (SSSR count). The molecule has 0 amide bonds. The van der Waals surface area contributed by atoms with Crippen LogP contribution in [0.4, 0.5) is 0 Å². The Morgan fingerprint density at radius 1 is 0.933 bits per heavy atom. The van der Waals surface area contributed by atoms with Gasteiger partial charge >= 0.3 is 0 Å². The minimum Gasteiger partial charge on any atom is -0.314 e. The fraction of sp³-hybridized carbons (Fsp3) is 1.00. The van der Waals surface area contributed by atoms with Gasteiger partial charge in [-0.25, -0.2) is 5.21 Å². The van der Waals surface area contributed by atoms with Crippen molar-refractivity contribution in [1.29, 1.82) is 0 Å². The smallest absolute Gasteiger partial charge is 0.120 e. The zero-order chi connectivity index (χ0) is 11.1. The van der Waals surface area contributed by atoms with Crippen LogP contribution in [0.1, 0.15) is 0 Å². The van der Waals surface area contributed by atoms with Crippen LogP contribution in [0.5, 0.6) is 0 Å². The number of nitrogens with one attached hydrogen (secondary N) is 2. The van der Waals surface area contributed by atoms with E-state index in [4.69, 9.17) is 5.21 Å². The van der Waals surface area contributed by atoms with Gasteiger partial charge in [0.25, 0.3) is 0 Å². The molecule has 0 saturated carbocycles. The number of rotatable bonds is 0. The van der Waals surface area contributed by atoms with Crippen LogP contribution in [-0.4, -0.2) is 81.5 Å². The fourth-order valence-electron chi connectivity index (χ4n) is 1.65. The Morgan fingerprint density at radius 3 is 1.73 bits per heavy atom. The van der Waals surface area contributed by atoms with E-state index >= 15 is 0 Å². The first-order valence-electron chi connectivity index (χ1n) is 5.80. The van der Waals surface area contributed by atoms with Gasteiger partial charge in [0, 0.05) is 26.2 Å². The molecule has 0 bridgehead atoms. The number of piperazine rings is 2. The maximum absolute atomic E-state index is 8.92. The summed E-state index contributed by atoms with van der Waals surface area (Å²) in [7, 11) is 4.23. The van der Waals surface area contributed by atoms with E-state index < -0.39 is 0 Å². The molecule has 0 aromatic heterocycles. The molecular formula is C10H25N4O+. The Hall–Kier alpha value is -0.200. The van der Waals surface area contributed by atoms with Gasteiger partial charge in [-0.1, -0.05) is 0 Å². The van der Waals surface area contributed by atoms with Crippen LogP contribution in [0, 0.1) is 0 Å². The average molecular weight is 217 g/mol. The SMILES string of the molecule is CN1CCNCC1.CN1CC[NH+](O)CC1. The van der Waals surface area contributed by atoms with E-state index in [9.17, 15) is 0 Å². The monoisotopic (exact) mass is 217 g/mol. The first-order valence-corrected chi connectivity index (χ1v) is 5.80. The lowest BCUT2D eigenvalue weighted by Gasteiger charge is -2.23. The lowest BCUT2D eigenvalue weighted by molar-refractivity contribution is -1.09. The molecule has 5 heteroatoms. The Labute approximate surface area is 92.6 Å². The van der Waals surface area contributed by atoms with E-state index in [0.717, 1.165) is 39.3 Å². The third kappa shape index (κ3) is 6.06. The molecule has 2 saturated heterocycles. The van der Waals surface area contributed by atoms with Gasteiger partial charge in [-0.2, -0.15) is 5.06 Å². The molecule has 2 heterocycles. The van der Waals surface area contributed by atoms with Crippen molar-refractivity contribution in [3.63, 3.8) is 0 Å². The van der Waals surface area contributed by atoms with Crippen LogP contribution in [-0.2, 0) is 0 Å². The summed E-state index contributed by atoms with van der Waals surface area (Å²) in [4.78, 5) is 4.55. The third-order valence-corrected chi connectivity index (χ3v) is 2.90. The molecule has 2 fully saturated rings. The highest BCUT2D eigenvalue weighted by Crippen LogP contribution is 1.83. The predicted molar refractivity (Wildman–Crippen MR) is 60.3 cm³/mol. The van der Waals surface area contributed by atoms with Crippen molar-refractivity contribution in [2.75, 3.05) is 66.5 Å². The van der Waals surface area contributed by atoms with Gasteiger partial charge in [-0.3, -0.25) is 4.90 Å². The number of quaternary nitrogens is 1. The summed E-state index contributed by atoms with van der Waals surface area (Å²) in [6.45, 7) is 8.53. The Kier molecular flexibility index (Phi) is 6.12. The molecule has 0 aromatic rings. The summed E-state index contributed by atoms with van der Waals surface area (Å²) in [6.07, 6.45) is 0. The quantitative estimate of drug-likeness (QED) is 0.428. The second-order valence-corrected chi connectivity index (χ2v) is 4.42.